The molecule has 1 aromatic rings. The van der Waals surface area contributed by atoms with Crippen molar-refractivity contribution in [1.82, 2.24) is 0 Å². The molecule has 0 saturated carbocycles. The second kappa shape index (κ2) is 5.56. The van der Waals surface area contributed by atoms with E-state index in [1.54, 1.807) is 6.92 Å². The lowest BCUT2D eigenvalue weighted by atomic mass is 9.83. The van der Waals surface area contributed by atoms with Gasteiger partial charge in [-0.15, -0.1) is 0 Å². The number of hydrogen-bond acceptors (Lipinski definition) is 5. The number of aliphatic hydroxyl groups excluding tert-OH is 3. The molecule has 2 rings (SSSR count). The van der Waals surface area contributed by atoms with Crippen LogP contribution in [0.5, 0.6) is 0 Å². The Labute approximate surface area is 112 Å². The molecular formula is C14H20O5. The maximum Gasteiger partial charge on any atom is 0.184 e. The van der Waals surface area contributed by atoms with Crippen molar-refractivity contribution in [2.75, 3.05) is 7.11 Å². The van der Waals surface area contributed by atoms with Crippen molar-refractivity contribution < 1.29 is 24.8 Å². The van der Waals surface area contributed by atoms with Crippen LogP contribution in [-0.2, 0) is 15.9 Å². The van der Waals surface area contributed by atoms with E-state index in [1.807, 2.05) is 30.3 Å². The Hall–Kier alpha value is -0.980. The fourth-order valence-corrected chi connectivity index (χ4v) is 2.65. The van der Waals surface area contributed by atoms with Crippen LogP contribution in [0, 0.1) is 0 Å². The minimum Gasteiger partial charge on any atom is -0.387 e. The third-order valence-corrected chi connectivity index (χ3v) is 3.60. The van der Waals surface area contributed by atoms with Crippen LogP contribution in [0.4, 0.5) is 0 Å². The molecule has 1 heterocycles. The van der Waals surface area contributed by atoms with Crippen LogP contribution in [0.3, 0.4) is 0 Å². The Morgan fingerprint density at radius 2 is 1.79 bits per heavy atom. The average molecular weight is 268 g/mol. The van der Waals surface area contributed by atoms with E-state index in [0.29, 0.717) is 6.42 Å². The molecule has 0 bridgehead atoms. The van der Waals surface area contributed by atoms with E-state index >= 15 is 0 Å². The van der Waals surface area contributed by atoms with Crippen molar-refractivity contribution in [3.05, 3.63) is 35.9 Å². The van der Waals surface area contributed by atoms with Crippen molar-refractivity contribution in [2.45, 2.75) is 43.5 Å². The zero-order valence-electron chi connectivity index (χ0n) is 11.1. The molecule has 106 valence electrons. The maximum absolute atomic E-state index is 10.0. The fraction of sp³-hybridized carbons (Fsp3) is 0.571. The highest BCUT2D eigenvalue weighted by Gasteiger charge is 2.51. The smallest absolute Gasteiger partial charge is 0.184 e. The van der Waals surface area contributed by atoms with Crippen LogP contribution in [0.1, 0.15) is 12.5 Å². The Morgan fingerprint density at radius 3 is 2.37 bits per heavy atom. The molecule has 19 heavy (non-hydrogen) atoms. The summed E-state index contributed by atoms with van der Waals surface area (Å²) < 4.78 is 10.7. The second-order valence-corrected chi connectivity index (χ2v) is 5.12. The minimum atomic E-state index is -1.42. The predicted octanol–water partition coefficient (Wildman–Crippen LogP) is 0.0732. The lowest BCUT2D eigenvalue weighted by Crippen LogP contribution is -2.64. The van der Waals surface area contributed by atoms with Gasteiger partial charge in [-0.2, -0.15) is 0 Å². The van der Waals surface area contributed by atoms with Crippen LogP contribution in [-0.4, -0.2) is 52.6 Å². The van der Waals surface area contributed by atoms with E-state index in [-0.39, 0.29) is 0 Å². The monoisotopic (exact) mass is 268 g/mol. The molecule has 1 fully saturated rings. The van der Waals surface area contributed by atoms with Gasteiger partial charge in [-0.1, -0.05) is 30.3 Å². The van der Waals surface area contributed by atoms with Gasteiger partial charge in [-0.3, -0.25) is 0 Å². The molecule has 0 amide bonds. The van der Waals surface area contributed by atoms with E-state index in [0.717, 1.165) is 5.56 Å². The lowest BCUT2D eigenvalue weighted by molar-refractivity contribution is -0.318. The van der Waals surface area contributed by atoms with Gasteiger partial charge >= 0.3 is 0 Å². The van der Waals surface area contributed by atoms with Gasteiger partial charge in [0.25, 0.3) is 0 Å². The molecule has 1 aliphatic heterocycles. The SMILES string of the molecule is CO[C@@H]1[C@@H](O)[C@@H](O)C(O)O[C@@]1(C)Cc1ccccc1. The third-order valence-electron chi connectivity index (χ3n) is 3.60. The summed E-state index contributed by atoms with van der Waals surface area (Å²) in [7, 11) is 1.45. The van der Waals surface area contributed by atoms with Gasteiger partial charge in [-0.25, -0.2) is 0 Å². The summed E-state index contributed by atoms with van der Waals surface area (Å²) in [5, 5.41) is 29.3. The molecule has 1 aromatic carbocycles. The molecule has 1 aliphatic rings. The van der Waals surface area contributed by atoms with E-state index in [4.69, 9.17) is 9.47 Å². The minimum absolute atomic E-state index is 0.465. The van der Waals surface area contributed by atoms with Crippen molar-refractivity contribution in [1.29, 1.82) is 0 Å². The molecule has 5 atom stereocenters. The first-order valence-electron chi connectivity index (χ1n) is 6.26. The number of benzene rings is 1. The molecular weight excluding hydrogens is 248 g/mol. The highest BCUT2D eigenvalue weighted by Crippen LogP contribution is 2.33. The number of aliphatic hydroxyl groups is 3. The largest absolute Gasteiger partial charge is 0.387 e. The molecule has 0 spiro atoms. The van der Waals surface area contributed by atoms with Crippen LogP contribution < -0.4 is 0 Å². The second-order valence-electron chi connectivity index (χ2n) is 5.12. The van der Waals surface area contributed by atoms with Crippen LogP contribution in [0.2, 0.25) is 0 Å². The Kier molecular flexibility index (Phi) is 4.23. The predicted molar refractivity (Wildman–Crippen MR) is 68.5 cm³/mol. The standard InChI is InChI=1S/C14H20O5/c1-14(8-9-6-4-3-5-7-9)12(18-2)10(15)11(16)13(17)19-14/h3-7,10-13,15-17H,8H2,1-2H3/t10-,11+,12+,13?,14-/m0/s1. The highest BCUT2D eigenvalue weighted by molar-refractivity contribution is 5.18. The Balaban J connectivity index is 2.24. The first-order chi connectivity index (χ1) is 8.98. The van der Waals surface area contributed by atoms with E-state index < -0.39 is 30.2 Å². The van der Waals surface area contributed by atoms with Gasteiger partial charge < -0.3 is 24.8 Å². The van der Waals surface area contributed by atoms with Crippen molar-refractivity contribution in [2.24, 2.45) is 0 Å². The van der Waals surface area contributed by atoms with Gasteiger partial charge in [0.2, 0.25) is 0 Å². The topological polar surface area (TPSA) is 79.2 Å². The highest BCUT2D eigenvalue weighted by atomic mass is 16.7. The molecule has 0 radical (unpaired) electrons. The molecule has 0 aromatic heterocycles. The first kappa shape index (κ1) is 14.4. The van der Waals surface area contributed by atoms with Gasteiger partial charge in [0, 0.05) is 13.5 Å². The van der Waals surface area contributed by atoms with Gasteiger partial charge in [-0.05, 0) is 12.5 Å². The van der Waals surface area contributed by atoms with Crippen LogP contribution >= 0.6 is 0 Å². The summed E-state index contributed by atoms with van der Waals surface area (Å²) in [4.78, 5) is 0. The zero-order chi connectivity index (χ0) is 14.0. The third kappa shape index (κ3) is 2.80. The summed E-state index contributed by atoms with van der Waals surface area (Å²) >= 11 is 0. The lowest BCUT2D eigenvalue weighted by Gasteiger charge is -2.47. The molecule has 1 saturated heterocycles. The fourth-order valence-electron chi connectivity index (χ4n) is 2.65. The summed E-state index contributed by atoms with van der Waals surface area (Å²) in [6.45, 7) is 1.76. The van der Waals surface area contributed by atoms with Crippen molar-refractivity contribution >= 4 is 0 Å². The molecule has 0 aliphatic carbocycles. The van der Waals surface area contributed by atoms with Crippen LogP contribution in [0.25, 0.3) is 0 Å². The normalized spacial score (nSPS) is 39.2. The van der Waals surface area contributed by atoms with Gasteiger partial charge in [0.05, 0.1) is 0 Å². The van der Waals surface area contributed by atoms with Gasteiger partial charge in [0.15, 0.2) is 6.29 Å². The van der Waals surface area contributed by atoms with Gasteiger partial charge in [0.1, 0.15) is 23.9 Å². The summed E-state index contributed by atoms with van der Waals surface area (Å²) in [5.74, 6) is 0. The summed E-state index contributed by atoms with van der Waals surface area (Å²) in [6.07, 6.45) is -4.23. The number of rotatable bonds is 3. The first-order valence-corrected chi connectivity index (χ1v) is 6.26. The van der Waals surface area contributed by atoms with Crippen molar-refractivity contribution in [3.63, 3.8) is 0 Å². The molecule has 5 nitrogen and oxygen atoms in total. The summed E-state index contributed by atoms with van der Waals surface area (Å²) in [6, 6.07) is 9.60. The van der Waals surface area contributed by atoms with Crippen LogP contribution in [0.15, 0.2) is 30.3 Å². The van der Waals surface area contributed by atoms with Crippen molar-refractivity contribution in [3.8, 4) is 0 Å². The molecule has 1 unspecified atom stereocenters. The zero-order valence-corrected chi connectivity index (χ0v) is 11.1. The van der Waals surface area contributed by atoms with E-state index in [9.17, 15) is 15.3 Å². The van der Waals surface area contributed by atoms with E-state index in [1.165, 1.54) is 7.11 Å². The maximum atomic E-state index is 10.0. The molecule has 5 heteroatoms. The number of methoxy groups -OCH3 is 1. The average Bonchev–Trinajstić information content (AvgIpc) is 2.37. The quantitative estimate of drug-likeness (QED) is 0.723. The summed E-state index contributed by atoms with van der Waals surface area (Å²) in [5.41, 5.74) is 0.0941. The van der Waals surface area contributed by atoms with E-state index in [2.05, 4.69) is 0 Å². The molecule has 3 N–H and O–H groups in total. The Bertz CT molecular complexity index is 410. The number of hydrogen-bond donors (Lipinski definition) is 3. The number of ether oxygens (including phenoxy) is 2. The Morgan fingerprint density at radius 1 is 1.16 bits per heavy atom.